The predicted octanol–water partition coefficient (Wildman–Crippen LogP) is 2.42. The highest BCUT2D eigenvalue weighted by molar-refractivity contribution is 7.17. The maximum atomic E-state index is 10.6. The lowest BCUT2D eigenvalue weighted by Gasteiger charge is -2.12. The number of hydrogen-bond acceptors (Lipinski definition) is 3. The maximum absolute atomic E-state index is 10.6. The van der Waals surface area contributed by atoms with Crippen LogP contribution < -0.4 is 0 Å². The minimum absolute atomic E-state index is 0.0736. The Morgan fingerprint density at radius 2 is 2.19 bits per heavy atom. The molecular formula is C12H13NO2S. The summed E-state index contributed by atoms with van der Waals surface area (Å²) >= 11 is 1.70. The zero-order valence-electron chi connectivity index (χ0n) is 9.01. The molecule has 0 aliphatic rings. The first kappa shape index (κ1) is 11.1. The molecule has 0 radical (unpaired) electrons. The Morgan fingerprint density at radius 3 is 2.94 bits per heavy atom. The van der Waals surface area contributed by atoms with Crippen LogP contribution in [0.3, 0.4) is 0 Å². The lowest BCUT2D eigenvalue weighted by atomic mass is 10.2. The fraction of sp³-hybridized carbons (Fsp3) is 0.250. The summed E-state index contributed by atoms with van der Waals surface area (Å²) in [6.07, 6.45) is 0. The van der Waals surface area contributed by atoms with Crippen molar-refractivity contribution in [1.82, 2.24) is 4.90 Å². The molecule has 1 aromatic carbocycles. The molecule has 2 aromatic rings. The predicted molar refractivity (Wildman–Crippen MR) is 65.8 cm³/mol. The Labute approximate surface area is 97.9 Å². The highest BCUT2D eigenvalue weighted by Crippen LogP contribution is 2.26. The molecule has 0 bridgehead atoms. The van der Waals surface area contributed by atoms with Crippen LogP contribution in [-0.2, 0) is 11.3 Å². The largest absolute Gasteiger partial charge is 0.480 e. The van der Waals surface area contributed by atoms with Crippen LogP contribution in [0.4, 0.5) is 0 Å². The number of carboxylic acids is 1. The van der Waals surface area contributed by atoms with Gasteiger partial charge in [0.2, 0.25) is 0 Å². The van der Waals surface area contributed by atoms with E-state index in [1.54, 1.807) is 16.2 Å². The highest BCUT2D eigenvalue weighted by Gasteiger charge is 2.08. The van der Waals surface area contributed by atoms with Crippen molar-refractivity contribution in [2.75, 3.05) is 13.6 Å². The number of hydrogen-bond donors (Lipinski definition) is 1. The SMILES string of the molecule is CN(CC(=O)O)Cc1csc2ccccc12. The molecule has 84 valence electrons. The van der Waals surface area contributed by atoms with E-state index in [1.165, 1.54) is 15.6 Å². The van der Waals surface area contributed by atoms with Crippen LogP contribution in [0.25, 0.3) is 10.1 Å². The van der Waals surface area contributed by atoms with Crippen LogP contribution in [0, 0.1) is 0 Å². The van der Waals surface area contributed by atoms with Crippen molar-refractivity contribution in [3.05, 3.63) is 35.2 Å². The average molecular weight is 235 g/mol. The number of benzene rings is 1. The van der Waals surface area contributed by atoms with Gasteiger partial charge >= 0.3 is 5.97 Å². The number of fused-ring (bicyclic) bond motifs is 1. The standard InChI is InChI=1S/C12H13NO2S/c1-13(7-12(14)15)6-9-8-16-11-5-3-2-4-10(9)11/h2-5,8H,6-7H2,1H3,(H,14,15). The first-order valence-corrected chi connectivity index (χ1v) is 5.90. The van der Waals surface area contributed by atoms with Gasteiger partial charge in [0, 0.05) is 11.2 Å². The molecule has 1 N–H and O–H groups in total. The lowest BCUT2D eigenvalue weighted by Crippen LogP contribution is -2.24. The zero-order chi connectivity index (χ0) is 11.5. The number of carboxylic acid groups (broad SMARTS) is 1. The second-order valence-corrected chi connectivity index (χ2v) is 4.73. The summed E-state index contributed by atoms with van der Waals surface area (Å²) in [5.74, 6) is -0.790. The lowest BCUT2D eigenvalue weighted by molar-refractivity contribution is -0.138. The molecule has 0 saturated heterocycles. The molecule has 0 aliphatic heterocycles. The first-order chi connectivity index (χ1) is 7.66. The topological polar surface area (TPSA) is 40.5 Å². The Hall–Kier alpha value is -1.39. The van der Waals surface area contributed by atoms with Crippen molar-refractivity contribution in [1.29, 1.82) is 0 Å². The summed E-state index contributed by atoms with van der Waals surface area (Å²) in [4.78, 5) is 12.4. The molecule has 1 heterocycles. The van der Waals surface area contributed by atoms with Gasteiger partial charge in [-0.25, -0.2) is 0 Å². The van der Waals surface area contributed by atoms with Crippen molar-refractivity contribution < 1.29 is 9.90 Å². The van der Waals surface area contributed by atoms with Crippen LogP contribution in [0.15, 0.2) is 29.6 Å². The Kier molecular flexibility index (Phi) is 3.22. The molecule has 0 atom stereocenters. The van der Waals surface area contributed by atoms with Crippen LogP contribution in [0.2, 0.25) is 0 Å². The minimum Gasteiger partial charge on any atom is -0.480 e. The summed E-state index contributed by atoms with van der Waals surface area (Å²) in [6.45, 7) is 0.750. The number of aliphatic carboxylic acids is 1. The molecular weight excluding hydrogens is 222 g/mol. The van der Waals surface area contributed by atoms with E-state index in [9.17, 15) is 4.79 Å². The zero-order valence-corrected chi connectivity index (χ0v) is 9.83. The minimum atomic E-state index is -0.790. The highest BCUT2D eigenvalue weighted by atomic mass is 32.1. The van der Waals surface area contributed by atoms with Crippen molar-refractivity contribution in [3.63, 3.8) is 0 Å². The molecule has 0 unspecified atom stereocenters. The third-order valence-corrected chi connectivity index (χ3v) is 3.42. The van der Waals surface area contributed by atoms with Gasteiger partial charge < -0.3 is 5.11 Å². The average Bonchev–Trinajstić information content (AvgIpc) is 2.61. The summed E-state index contributed by atoms with van der Waals surface area (Å²) < 4.78 is 1.25. The van der Waals surface area contributed by atoms with Crippen molar-refractivity contribution >= 4 is 27.4 Å². The van der Waals surface area contributed by atoms with E-state index in [4.69, 9.17) is 5.11 Å². The van der Waals surface area contributed by atoms with E-state index in [0.717, 1.165) is 0 Å². The van der Waals surface area contributed by atoms with Crippen LogP contribution in [0.1, 0.15) is 5.56 Å². The molecule has 4 heteroatoms. The Bertz CT molecular complexity index is 506. The Morgan fingerprint density at radius 1 is 1.44 bits per heavy atom. The van der Waals surface area contributed by atoms with Gasteiger partial charge in [-0.05, 0) is 29.4 Å². The van der Waals surface area contributed by atoms with Crippen molar-refractivity contribution in [2.24, 2.45) is 0 Å². The third kappa shape index (κ3) is 2.40. The van der Waals surface area contributed by atoms with Gasteiger partial charge in [-0.3, -0.25) is 9.69 Å². The first-order valence-electron chi connectivity index (χ1n) is 5.02. The van der Waals surface area contributed by atoms with E-state index in [0.29, 0.717) is 6.54 Å². The van der Waals surface area contributed by atoms with E-state index in [2.05, 4.69) is 17.5 Å². The molecule has 0 spiro atoms. The maximum Gasteiger partial charge on any atom is 0.317 e. The number of nitrogens with zero attached hydrogens (tertiary/aromatic N) is 1. The fourth-order valence-corrected chi connectivity index (χ4v) is 2.69. The van der Waals surface area contributed by atoms with E-state index < -0.39 is 5.97 Å². The van der Waals surface area contributed by atoms with Gasteiger partial charge in [-0.15, -0.1) is 11.3 Å². The van der Waals surface area contributed by atoms with E-state index in [-0.39, 0.29) is 6.54 Å². The monoisotopic (exact) mass is 235 g/mol. The van der Waals surface area contributed by atoms with Gasteiger partial charge in [0.25, 0.3) is 0 Å². The summed E-state index contributed by atoms with van der Waals surface area (Å²) in [7, 11) is 1.82. The van der Waals surface area contributed by atoms with Gasteiger partial charge in [0.1, 0.15) is 0 Å². The van der Waals surface area contributed by atoms with Crippen molar-refractivity contribution in [3.8, 4) is 0 Å². The number of likely N-dealkylation sites (N-methyl/N-ethyl adjacent to an activating group) is 1. The molecule has 0 saturated carbocycles. The van der Waals surface area contributed by atoms with Gasteiger partial charge in [0.05, 0.1) is 6.54 Å². The molecule has 0 aliphatic carbocycles. The second-order valence-electron chi connectivity index (χ2n) is 3.82. The number of carbonyl (C=O) groups is 1. The molecule has 0 amide bonds. The smallest absolute Gasteiger partial charge is 0.317 e. The summed E-state index contributed by atoms with van der Waals surface area (Å²) in [5.41, 5.74) is 1.20. The Balaban J connectivity index is 2.18. The van der Waals surface area contributed by atoms with E-state index in [1.807, 2.05) is 19.2 Å². The van der Waals surface area contributed by atoms with Gasteiger partial charge in [-0.2, -0.15) is 0 Å². The quantitative estimate of drug-likeness (QED) is 0.884. The number of rotatable bonds is 4. The molecule has 0 fully saturated rings. The number of thiophene rings is 1. The molecule has 2 rings (SSSR count). The van der Waals surface area contributed by atoms with Gasteiger partial charge in [-0.1, -0.05) is 18.2 Å². The molecule has 1 aromatic heterocycles. The van der Waals surface area contributed by atoms with Crippen LogP contribution >= 0.6 is 11.3 Å². The van der Waals surface area contributed by atoms with Crippen LogP contribution in [0.5, 0.6) is 0 Å². The normalized spacial score (nSPS) is 11.1. The molecule has 16 heavy (non-hydrogen) atoms. The van der Waals surface area contributed by atoms with Crippen LogP contribution in [-0.4, -0.2) is 29.6 Å². The molecule has 3 nitrogen and oxygen atoms in total. The fourth-order valence-electron chi connectivity index (χ4n) is 1.73. The summed E-state index contributed by atoms with van der Waals surface area (Å²) in [5, 5.41) is 12.0. The third-order valence-electron chi connectivity index (χ3n) is 2.41. The van der Waals surface area contributed by atoms with Crippen molar-refractivity contribution in [2.45, 2.75) is 6.54 Å². The summed E-state index contributed by atoms with van der Waals surface area (Å²) in [6, 6.07) is 8.19. The second kappa shape index (κ2) is 4.63. The van der Waals surface area contributed by atoms with Gasteiger partial charge in [0.15, 0.2) is 0 Å². The van der Waals surface area contributed by atoms with E-state index >= 15 is 0 Å².